The van der Waals surface area contributed by atoms with Crippen molar-refractivity contribution in [2.45, 2.75) is 38.6 Å². The van der Waals surface area contributed by atoms with E-state index in [1.165, 1.54) is 0 Å². The average Bonchev–Trinajstić information content (AvgIpc) is 3.01. The lowest BCUT2D eigenvalue weighted by Crippen LogP contribution is -2.53. The largest absolute Gasteiger partial charge is 0.395 e. The van der Waals surface area contributed by atoms with Crippen molar-refractivity contribution >= 4 is 17.5 Å². The van der Waals surface area contributed by atoms with Gasteiger partial charge in [0.25, 0.3) is 5.91 Å². The van der Waals surface area contributed by atoms with Gasteiger partial charge in [-0.25, -0.2) is 0 Å². The summed E-state index contributed by atoms with van der Waals surface area (Å²) in [6.45, 7) is 5.73. The number of piperazine rings is 1. The van der Waals surface area contributed by atoms with Gasteiger partial charge in [0, 0.05) is 32.1 Å². The van der Waals surface area contributed by atoms with Gasteiger partial charge in [-0.15, -0.1) is 0 Å². The van der Waals surface area contributed by atoms with Crippen molar-refractivity contribution in [2.24, 2.45) is 0 Å². The second-order valence-corrected chi connectivity index (χ2v) is 6.09. The zero-order chi connectivity index (χ0) is 15.1. The number of fused-ring (bicyclic) bond motifs is 1. The van der Waals surface area contributed by atoms with Crippen LogP contribution >= 0.6 is 0 Å². The van der Waals surface area contributed by atoms with Crippen LogP contribution in [0.5, 0.6) is 0 Å². The highest BCUT2D eigenvalue weighted by atomic mass is 16.2. The molecule has 3 rings (SSSR count). The Morgan fingerprint density at radius 2 is 2.19 bits per heavy atom. The fraction of sp³-hybridized carbons (Fsp3) is 0.643. The van der Waals surface area contributed by atoms with Gasteiger partial charge < -0.3 is 15.5 Å². The number of hydrogen-bond acceptors (Lipinski definition) is 4. The third-order valence-corrected chi connectivity index (χ3v) is 4.40. The molecule has 2 fully saturated rings. The Balaban J connectivity index is 1.76. The molecule has 2 aliphatic rings. The summed E-state index contributed by atoms with van der Waals surface area (Å²) in [4.78, 5) is 27.9. The molecule has 21 heavy (non-hydrogen) atoms. The summed E-state index contributed by atoms with van der Waals surface area (Å²) in [5.41, 5.74) is 7.58. The molecule has 1 atom stereocenters. The van der Waals surface area contributed by atoms with Crippen LogP contribution in [0.3, 0.4) is 0 Å². The zero-order valence-corrected chi connectivity index (χ0v) is 12.4. The van der Waals surface area contributed by atoms with Crippen molar-refractivity contribution in [3.63, 3.8) is 0 Å². The molecule has 0 bridgehead atoms. The average molecular weight is 291 g/mol. The Kier molecular flexibility index (Phi) is 3.35. The van der Waals surface area contributed by atoms with Crippen LogP contribution in [0, 0.1) is 0 Å². The summed E-state index contributed by atoms with van der Waals surface area (Å²) < 4.78 is 0. The van der Waals surface area contributed by atoms with Crippen molar-refractivity contribution in [2.75, 3.05) is 25.4 Å². The summed E-state index contributed by atoms with van der Waals surface area (Å²) in [5.74, 6) is 0.256. The van der Waals surface area contributed by atoms with E-state index in [0.29, 0.717) is 37.4 Å². The molecule has 1 aromatic rings. The number of carbonyl (C=O) groups excluding carboxylic acids is 2. The molecule has 0 aromatic carbocycles. The first kappa shape index (κ1) is 13.9. The molecule has 0 radical (unpaired) electrons. The van der Waals surface area contributed by atoms with Crippen LogP contribution in [0.4, 0.5) is 5.69 Å². The maximum absolute atomic E-state index is 12.6. The number of amides is 2. The van der Waals surface area contributed by atoms with E-state index in [0.717, 1.165) is 12.1 Å². The van der Waals surface area contributed by atoms with Crippen LogP contribution in [0.15, 0.2) is 0 Å². The normalized spacial score (nSPS) is 22.0. The smallest absolute Gasteiger partial charge is 0.276 e. The second-order valence-electron chi connectivity index (χ2n) is 6.09. The van der Waals surface area contributed by atoms with Gasteiger partial charge in [-0.3, -0.25) is 14.7 Å². The Morgan fingerprint density at radius 3 is 2.86 bits per heavy atom. The van der Waals surface area contributed by atoms with Crippen LogP contribution in [0.2, 0.25) is 0 Å². The van der Waals surface area contributed by atoms with E-state index in [1.54, 1.807) is 4.90 Å². The molecule has 1 unspecified atom stereocenters. The minimum atomic E-state index is -0.144. The van der Waals surface area contributed by atoms with E-state index < -0.39 is 0 Å². The highest BCUT2D eigenvalue weighted by Gasteiger charge is 2.38. The minimum absolute atomic E-state index is 0.144. The highest BCUT2D eigenvalue weighted by molar-refractivity contribution is 5.98. The molecule has 7 nitrogen and oxygen atoms in total. The Hall–Kier alpha value is -2.05. The lowest BCUT2D eigenvalue weighted by molar-refractivity contribution is -0.130. The molecule has 0 saturated carbocycles. The third-order valence-electron chi connectivity index (χ3n) is 4.40. The number of rotatable bonds is 2. The molecule has 2 saturated heterocycles. The summed E-state index contributed by atoms with van der Waals surface area (Å²) in [5, 5.41) is 6.95. The molecule has 0 aliphatic carbocycles. The van der Waals surface area contributed by atoms with E-state index >= 15 is 0 Å². The minimum Gasteiger partial charge on any atom is -0.395 e. The van der Waals surface area contributed by atoms with Gasteiger partial charge in [-0.05, 0) is 12.3 Å². The molecular weight excluding hydrogens is 270 g/mol. The Labute approximate surface area is 123 Å². The van der Waals surface area contributed by atoms with E-state index in [9.17, 15) is 9.59 Å². The van der Waals surface area contributed by atoms with Gasteiger partial charge in [-0.2, -0.15) is 5.10 Å². The molecule has 2 amide bonds. The number of nitrogens with zero attached hydrogens (tertiary/aromatic N) is 3. The number of aromatic amines is 1. The van der Waals surface area contributed by atoms with Crippen molar-refractivity contribution in [1.29, 1.82) is 0 Å². The lowest BCUT2D eigenvalue weighted by Gasteiger charge is -2.37. The quantitative estimate of drug-likeness (QED) is 0.832. The number of nitrogens with two attached hydrogens (primary N) is 1. The summed E-state index contributed by atoms with van der Waals surface area (Å²) in [6.07, 6.45) is 1.42. The van der Waals surface area contributed by atoms with Gasteiger partial charge >= 0.3 is 0 Å². The lowest BCUT2D eigenvalue weighted by atomic mass is 10.1. The number of carbonyl (C=O) groups is 2. The van der Waals surface area contributed by atoms with E-state index in [4.69, 9.17) is 5.73 Å². The summed E-state index contributed by atoms with van der Waals surface area (Å²) >= 11 is 0. The fourth-order valence-electron chi connectivity index (χ4n) is 3.17. The topological polar surface area (TPSA) is 95.3 Å². The molecule has 2 aliphatic heterocycles. The molecule has 1 aromatic heterocycles. The number of aromatic nitrogens is 2. The van der Waals surface area contributed by atoms with Gasteiger partial charge in [0.05, 0.1) is 11.4 Å². The number of nitrogen functional groups attached to an aromatic ring is 1. The highest BCUT2D eigenvalue weighted by Crippen LogP contribution is 2.26. The fourth-order valence-corrected chi connectivity index (χ4v) is 3.17. The van der Waals surface area contributed by atoms with Crippen molar-refractivity contribution in [1.82, 2.24) is 20.0 Å². The van der Waals surface area contributed by atoms with Gasteiger partial charge in [0.2, 0.25) is 5.91 Å². The first-order valence-electron chi connectivity index (χ1n) is 7.41. The van der Waals surface area contributed by atoms with E-state index in [-0.39, 0.29) is 23.8 Å². The number of H-pyrrole nitrogens is 1. The van der Waals surface area contributed by atoms with Gasteiger partial charge in [0.1, 0.15) is 0 Å². The maximum Gasteiger partial charge on any atom is 0.276 e. The van der Waals surface area contributed by atoms with E-state index in [1.807, 2.05) is 18.7 Å². The zero-order valence-electron chi connectivity index (χ0n) is 12.4. The SMILES string of the molecule is CC(C)c1[nH]nc(C(=O)N2CCN3C(=O)CCC3C2)c1N. The van der Waals surface area contributed by atoms with Crippen molar-refractivity contribution < 1.29 is 9.59 Å². The molecule has 7 heteroatoms. The molecule has 0 spiro atoms. The monoisotopic (exact) mass is 291 g/mol. The van der Waals surface area contributed by atoms with Crippen molar-refractivity contribution in [3.05, 3.63) is 11.4 Å². The molecule has 114 valence electrons. The van der Waals surface area contributed by atoms with Crippen LogP contribution in [0.25, 0.3) is 0 Å². The third kappa shape index (κ3) is 2.26. The van der Waals surface area contributed by atoms with Gasteiger partial charge in [0.15, 0.2) is 5.69 Å². The van der Waals surface area contributed by atoms with E-state index in [2.05, 4.69) is 10.2 Å². The summed E-state index contributed by atoms with van der Waals surface area (Å²) in [6, 6.07) is 0.153. The molecule has 3 N–H and O–H groups in total. The van der Waals surface area contributed by atoms with Gasteiger partial charge in [-0.1, -0.05) is 13.8 Å². The Morgan fingerprint density at radius 1 is 1.43 bits per heavy atom. The number of anilines is 1. The maximum atomic E-state index is 12.6. The molecule has 3 heterocycles. The number of hydrogen-bond donors (Lipinski definition) is 2. The van der Waals surface area contributed by atoms with Crippen LogP contribution in [-0.2, 0) is 4.79 Å². The van der Waals surface area contributed by atoms with Crippen LogP contribution in [0.1, 0.15) is 48.8 Å². The van der Waals surface area contributed by atoms with Crippen molar-refractivity contribution in [3.8, 4) is 0 Å². The first-order valence-corrected chi connectivity index (χ1v) is 7.41. The predicted molar refractivity (Wildman–Crippen MR) is 77.7 cm³/mol. The number of nitrogens with one attached hydrogen (secondary N) is 1. The second kappa shape index (κ2) is 5.05. The summed E-state index contributed by atoms with van der Waals surface area (Å²) in [7, 11) is 0. The first-order chi connectivity index (χ1) is 9.99. The van der Waals surface area contributed by atoms with Crippen LogP contribution in [-0.4, -0.2) is 57.5 Å². The Bertz CT molecular complexity index is 580. The van der Waals surface area contributed by atoms with Crippen LogP contribution < -0.4 is 5.73 Å². The standard InChI is InChI=1S/C14H21N5O2/c1-8(2)12-11(15)13(17-16-12)14(21)18-5-6-19-9(7-18)3-4-10(19)20/h8-9H,3-7,15H2,1-2H3,(H,16,17). The molecular formula is C14H21N5O2. The predicted octanol–water partition coefficient (Wildman–Crippen LogP) is 0.562.